The number of benzene rings is 1. The second kappa shape index (κ2) is 5.19. The molecule has 18 heavy (non-hydrogen) atoms. The fourth-order valence-corrected chi connectivity index (χ4v) is 1.62. The zero-order valence-corrected chi connectivity index (χ0v) is 9.91. The van der Waals surface area contributed by atoms with E-state index in [1.165, 1.54) is 13.0 Å². The molecule has 0 aliphatic heterocycles. The number of rotatable bonds is 1. The van der Waals surface area contributed by atoms with Crippen LogP contribution in [0.5, 0.6) is 0 Å². The topological polar surface area (TPSA) is 62.0 Å². The molecule has 4 heteroatoms. The molecular formula is C14H12N2O2. The van der Waals surface area contributed by atoms with E-state index in [9.17, 15) is 9.59 Å². The Hall–Kier alpha value is -2.54. The first-order valence-corrected chi connectivity index (χ1v) is 5.52. The van der Waals surface area contributed by atoms with Crippen LogP contribution in [-0.2, 0) is 4.79 Å². The molecule has 1 heterocycles. The lowest BCUT2D eigenvalue weighted by atomic mass is 10.1. The van der Waals surface area contributed by atoms with Crippen LogP contribution in [0.4, 0.5) is 0 Å². The van der Waals surface area contributed by atoms with Crippen molar-refractivity contribution in [2.75, 3.05) is 6.54 Å². The third-order valence-electron chi connectivity index (χ3n) is 2.44. The molecule has 0 unspecified atom stereocenters. The van der Waals surface area contributed by atoms with Gasteiger partial charge in [-0.05, 0) is 12.1 Å². The van der Waals surface area contributed by atoms with Crippen molar-refractivity contribution in [2.24, 2.45) is 0 Å². The van der Waals surface area contributed by atoms with E-state index in [2.05, 4.69) is 22.1 Å². The number of fused-ring (bicyclic) bond motifs is 1. The van der Waals surface area contributed by atoms with Gasteiger partial charge in [0, 0.05) is 30.1 Å². The lowest BCUT2D eigenvalue weighted by Gasteiger charge is -1.99. The molecule has 0 aliphatic rings. The van der Waals surface area contributed by atoms with E-state index >= 15 is 0 Å². The molecule has 4 nitrogen and oxygen atoms in total. The molecule has 2 aromatic rings. The summed E-state index contributed by atoms with van der Waals surface area (Å²) in [5.41, 5.74) is 1.44. The summed E-state index contributed by atoms with van der Waals surface area (Å²) in [6.45, 7) is 1.74. The van der Waals surface area contributed by atoms with Gasteiger partial charge in [0.15, 0.2) is 5.43 Å². The Morgan fingerprint density at radius 2 is 2.22 bits per heavy atom. The number of pyridine rings is 1. The molecule has 0 atom stereocenters. The van der Waals surface area contributed by atoms with Crippen molar-refractivity contribution in [3.05, 3.63) is 46.2 Å². The van der Waals surface area contributed by atoms with Gasteiger partial charge in [-0.15, -0.1) is 0 Å². The largest absolute Gasteiger partial charge is 0.360 e. The SMILES string of the molecule is CC(=O)NCC#Cc1cccc2c(=O)cc[nH]c12. The van der Waals surface area contributed by atoms with Crippen LogP contribution >= 0.6 is 0 Å². The van der Waals surface area contributed by atoms with Crippen molar-refractivity contribution in [1.82, 2.24) is 10.3 Å². The first-order chi connectivity index (χ1) is 8.68. The Morgan fingerprint density at radius 1 is 1.39 bits per heavy atom. The predicted octanol–water partition coefficient (Wildman–Crippen LogP) is 1.02. The van der Waals surface area contributed by atoms with Gasteiger partial charge in [0.25, 0.3) is 0 Å². The van der Waals surface area contributed by atoms with Crippen LogP contribution in [0.3, 0.4) is 0 Å². The van der Waals surface area contributed by atoms with E-state index in [4.69, 9.17) is 0 Å². The average Bonchev–Trinajstić information content (AvgIpc) is 2.35. The molecule has 2 N–H and O–H groups in total. The molecule has 0 aliphatic carbocycles. The van der Waals surface area contributed by atoms with Crippen LogP contribution < -0.4 is 10.7 Å². The Balaban J connectivity index is 2.37. The lowest BCUT2D eigenvalue weighted by Crippen LogP contribution is -2.19. The minimum Gasteiger partial charge on any atom is -0.360 e. The summed E-state index contributed by atoms with van der Waals surface area (Å²) in [4.78, 5) is 25.3. The number of amides is 1. The number of para-hydroxylation sites is 1. The zero-order valence-electron chi connectivity index (χ0n) is 9.91. The van der Waals surface area contributed by atoms with E-state index in [0.29, 0.717) is 11.9 Å². The number of aromatic amines is 1. The highest BCUT2D eigenvalue weighted by molar-refractivity contribution is 5.84. The molecular weight excluding hydrogens is 228 g/mol. The second-order valence-electron chi connectivity index (χ2n) is 3.78. The quantitative estimate of drug-likeness (QED) is 0.731. The van der Waals surface area contributed by atoms with E-state index in [1.807, 2.05) is 6.07 Å². The third kappa shape index (κ3) is 2.58. The Labute approximate surface area is 104 Å². The summed E-state index contributed by atoms with van der Waals surface area (Å²) in [6, 6.07) is 6.86. The molecule has 0 saturated carbocycles. The molecule has 1 aromatic heterocycles. The standard InChI is InChI=1S/C14H12N2O2/c1-10(17)15-8-3-5-11-4-2-6-12-13(18)7-9-16-14(11)12/h2,4,6-7,9H,8H2,1H3,(H,15,17)(H,16,18). The molecule has 0 saturated heterocycles. The van der Waals surface area contributed by atoms with Crippen molar-refractivity contribution in [2.45, 2.75) is 6.92 Å². The summed E-state index contributed by atoms with van der Waals surface area (Å²) in [5, 5.41) is 3.21. The highest BCUT2D eigenvalue weighted by Crippen LogP contribution is 2.11. The van der Waals surface area contributed by atoms with E-state index in [1.54, 1.807) is 18.3 Å². The van der Waals surface area contributed by atoms with E-state index in [0.717, 1.165) is 11.1 Å². The van der Waals surface area contributed by atoms with Crippen LogP contribution in [0, 0.1) is 11.8 Å². The fraction of sp³-hybridized carbons (Fsp3) is 0.143. The first kappa shape index (κ1) is 11.9. The Morgan fingerprint density at radius 3 is 3.00 bits per heavy atom. The Bertz CT molecular complexity index is 705. The second-order valence-corrected chi connectivity index (χ2v) is 3.78. The van der Waals surface area contributed by atoms with Crippen molar-refractivity contribution < 1.29 is 4.79 Å². The van der Waals surface area contributed by atoms with E-state index < -0.39 is 0 Å². The molecule has 90 valence electrons. The zero-order chi connectivity index (χ0) is 13.0. The van der Waals surface area contributed by atoms with Crippen molar-refractivity contribution in [3.8, 4) is 11.8 Å². The third-order valence-corrected chi connectivity index (χ3v) is 2.44. The number of H-pyrrole nitrogens is 1. The maximum absolute atomic E-state index is 11.6. The molecule has 0 spiro atoms. The molecule has 2 rings (SSSR count). The maximum atomic E-state index is 11.6. The number of carbonyl (C=O) groups is 1. The smallest absolute Gasteiger partial charge is 0.217 e. The van der Waals surface area contributed by atoms with Crippen molar-refractivity contribution in [1.29, 1.82) is 0 Å². The van der Waals surface area contributed by atoms with Gasteiger partial charge >= 0.3 is 0 Å². The number of hydrogen-bond acceptors (Lipinski definition) is 2. The van der Waals surface area contributed by atoms with Gasteiger partial charge in [-0.25, -0.2) is 0 Å². The van der Waals surface area contributed by atoms with Gasteiger partial charge in [0.1, 0.15) is 0 Å². The minimum atomic E-state index is -0.115. The first-order valence-electron chi connectivity index (χ1n) is 5.52. The Kier molecular flexibility index (Phi) is 3.44. The summed E-state index contributed by atoms with van der Waals surface area (Å²) in [5.74, 6) is 5.66. The average molecular weight is 240 g/mol. The van der Waals surface area contributed by atoms with Crippen LogP contribution in [0.15, 0.2) is 35.3 Å². The summed E-state index contributed by atoms with van der Waals surface area (Å²) in [7, 11) is 0. The predicted molar refractivity (Wildman–Crippen MR) is 70.1 cm³/mol. The van der Waals surface area contributed by atoms with Crippen LogP contribution in [0.25, 0.3) is 10.9 Å². The van der Waals surface area contributed by atoms with Crippen molar-refractivity contribution in [3.63, 3.8) is 0 Å². The molecule has 0 radical (unpaired) electrons. The lowest BCUT2D eigenvalue weighted by molar-refractivity contribution is -0.118. The minimum absolute atomic E-state index is 0.0331. The van der Waals surface area contributed by atoms with Gasteiger partial charge in [-0.3, -0.25) is 9.59 Å². The molecule has 0 bridgehead atoms. The normalized spacial score (nSPS) is 9.61. The summed E-state index contributed by atoms with van der Waals surface area (Å²) < 4.78 is 0. The summed E-state index contributed by atoms with van der Waals surface area (Å²) >= 11 is 0. The van der Waals surface area contributed by atoms with Gasteiger partial charge in [0.2, 0.25) is 5.91 Å². The number of carbonyl (C=O) groups excluding carboxylic acids is 1. The van der Waals surface area contributed by atoms with Gasteiger partial charge in [0.05, 0.1) is 12.1 Å². The highest BCUT2D eigenvalue weighted by Gasteiger charge is 2.00. The van der Waals surface area contributed by atoms with Gasteiger partial charge < -0.3 is 10.3 Å². The van der Waals surface area contributed by atoms with Crippen molar-refractivity contribution >= 4 is 16.8 Å². The van der Waals surface area contributed by atoms with Crippen LogP contribution in [-0.4, -0.2) is 17.4 Å². The molecule has 1 aromatic carbocycles. The van der Waals surface area contributed by atoms with Crippen LogP contribution in [0.2, 0.25) is 0 Å². The number of aromatic nitrogens is 1. The monoisotopic (exact) mass is 240 g/mol. The summed E-state index contributed by atoms with van der Waals surface area (Å²) in [6.07, 6.45) is 1.60. The fourth-order valence-electron chi connectivity index (χ4n) is 1.62. The number of hydrogen-bond donors (Lipinski definition) is 2. The van der Waals surface area contributed by atoms with Gasteiger partial charge in [-0.1, -0.05) is 17.9 Å². The molecule has 0 fully saturated rings. The van der Waals surface area contributed by atoms with Crippen LogP contribution in [0.1, 0.15) is 12.5 Å². The van der Waals surface area contributed by atoms with Gasteiger partial charge in [-0.2, -0.15) is 0 Å². The van der Waals surface area contributed by atoms with E-state index in [-0.39, 0.29) is 11.3 Å². The number of nitrogens with one attached hydrogen (secondary N) is 2. The highest BCUT2D eigenvalue weighted by atomic mass is 16.1. The molecule has 1 amide bonds. The maximum Gasteiger partial charge on any atom is 0.217 e.